The number of pyridine rings is 2. The van der Waals surface area contributed by atoms with Gasteiger partial charge < -0.3 is 14.0 Å². The maximum Gasteiger partial charge on any atom is 0.262 e. The minimum Gasteiger partial charge on any atom is -0.481 e. The molecule has 1 aromatic carbocycles. The highest BCUT2D eigenvalue weighted by Crippen LogP contribution is 2.35. The van der Waals surface area contributed by atoms with Crippen molar-refractivity contribution in [1.82, 2.24) is 19.7 Å². The third-order valence-electron chi connectivity index (χ3n) is 5.83. The summed E-state index contributed by atoms with van der Waals surface area (Å²) in [6, 6.07) is 6.25. The van der Waals surface area contributed by atoms with Gasteiger partial charge in [0, 0.05) is 23.8 Å². The fourth-order valence-corrected chi connectivity index (χ4v) is 4.45. The summed E-state index contributed by atoms with van der Waals surface area (Å²) in [5.74, 6) is 0.608. The molecule has 1 N–H and O–H groups in total. The van der Waals surface area contributed by atoms with Gasteiger partial charge in [0.15, 0.2) is 0 Å². The molecule has 1 aliphatic rings. The van der Waals surface area contributed by atoms with Gasteiger partial charge >= 0.3 is 0 Å². The van der Waals surface area contributed by atoms with Crippen LogP contribution >= 0.6 is 0 Å². The van der Waals surface area contributed by atoms with Crippen molar-refractivity contribution in [2.45, 2.75) is 26.3 Å². The van der Waals surface area contributed by atoms with E-state index in [9.17, 15) is 4.79 Å². The lowest BCUT2D eigenvalue weighted by Gasteiger charge is -2.18. The van der Waals surface area contributed by atoms with E-state index in [1.807, 2.05) is 24.6 Å². The molecule has 0 radical (unpaired) electrons. The summed E-state index contributed by atoms with van der Waals surface area (Å²) in [7, 11) is 1.63. The van der Waals surface area contributed by atoms with Crippen molar-refractivity contribution < 1.29 is 9.47 Å². The van der Waals surface area contributed by atoms with Crippen LogP contribution in [0.1, 0.15) is 23.6 Å². The molecule has 148 valence electrons. The Morgan fingerprint density at radius 1 is 1.24 bits per heavy atom. The second kappa shape index (κ2) is 6.70. The molecule has 0 spiro atoms. The highest BCUT2D eigenvalue weighted by Gasteiger charge is 2.24. The summed E-state index contributed by atoms with van der Waals surface area (Å²) in [4.78, 5) is 17.7. The maximum absolute atomic E-state index is 13.3. The zero-order chi connectivity index (χ0) is 20.1. The van der Waals surface area contributed by atoms with Crippen molar-refractivity contribution in [3.63, 3.8) is 0 Å². The molecule has 0 aliphatic carbocycles. The largest absolute Gasteiger partial charge is 0.481 e. The Hall–Kier alpha value is -3.19. The van der Waals surface area contributed by atoms with Crippen molar-refractivity contribution in [3.8, 4) is 17.0 Å². The predicted molar refractivity (Wildman–Crippen MR) is 112 cm³/mol. The second-order valence-corrected chi connectivity index (χ2v) is 7.53. The molecule has 5 rings (SSSR count). The summed E-state index contributed by atoms with van der Waals surface area (Å²) in [5, 5.41) is 8.70. The van der Waals surface area contributed by atoms with Crippen LogP contribution < -0.4 is 10.3 Å². The van der Waals surface area contributed by atoms with Gasteiger partial charge in [0.1, 0.15) is 0 Å². The summed E-state index contributed by atoms with van der Waals surface area (Å²) in [5.41, 5.74) is 5.76. The average Bonchev–Trinajstić information content (AvgIpc) is 3.41. The lowest BCUT2D eigenvalue weighted by Crippen LogP contribution is -2.25. The first-order valence-corrected chi connectivity index (χ1v) is 9.69. The maximum atomic E-state index is 13.3. The molecule has 1 atom stereocenters. The zero-order valence-electron chi connectivity index (χ0n) is 16.7. The highest BCUT2D eigenvalue weighted by atomic mass is 16.5. The van der Waals surface area contributed by atoms with E-state index >= 15 is 0 Å². The van der Waals surface area contributed by atoms with E-state index in [1.54, 1.807) is 13.3 Å². The molecule has 0 bridgehead atoms. The molecule has 4 aromatic rings. The second-order valence-electron chi connectivity index (χ2n) is 7.53. The predicted octanol–water partition coefficient (Wildman–Crippen LogP) is 3.53. The van der Waals surface area contributed by atoms with Crippen molar-refractivity contribution >= 4 is 21.8 Å². The van der Waals surface area contributed by atoms with Crippen LogP contribution in [0.2, 0.25) is 0 Å². The monoisotopic (exact) mass is 390 g/mol. The molecule has 1 unspecified atom stereocenters. The van der Waals surface area contributed by atoms with Gasteiger partial charge in [0.2, 0.25) is 5.88 Å². The van der Waals surface area contributed by atoms with Crippen LogP contribution in [0, 0.1) is 13.8 Å². The number of hydrogen-bond donors (Lipinski definition) is 1. The van der Waals surface area contributed by atoms with Crippen molar-refractivity contribution in [3.05, 3.63) is 52.1 Å². The minimum atomic E-state index is -0.0327. The molecule has 4 heterocycles. The molecule has 1 saturated heterocycles. The number of methoxy groups -OCH3 is 1. The molecule has 1 fully saturated rings. The number of hydrogen-bond acceptors (Lipinski definition) is 5. The first-order valence-electron chi connectivity index (χ1n) is 9.69. The number of ether oxygens (including phenoxy) is 2. The Kier molecular flexibility index (Phi) is 4.13. The van der Waals surface area contributed by atoms with Gasteiger partial charge in [0.05, 0.1) is 42.4 Å². The topological polar surface area (TPSA) is 82.0 Å². The summed E-state index contributed by atoms with van der Waals surface area (Å²) < 4.78 is 12.9. The molecule has 7 heteroatoms. The summed E-state index contributed by atoms with van der Waals surface area (Å²) >= 11 is 0. The minimum absolute atomic E-state index is 0.0220. The van der Waals surface area contributed by atoms with Gasteiger partial charge in [-0.2, -0.15) is 5.10 Å². The molecular formula is C22H22N4O3. The zero-order valence-corrected chi connectivity index (χ0v) is 16.7. The van der Waals surface area contributed by atoms with Crippen molar-refractivity contribution in [2.75, 3.05) is 20.3 Å². The SMILES string of the molecule is COc1ncc(C)c(-c2ccc3c4[nH]ncc4c(=O)n(C4CCOC4)c3c2)c1C. The number of nitrogens with zero attached hydrogens (tertiary/aromatic N) is 3. The lowest BCUT2D eigenvalue weighted by molar-refractivity contribution is 0.187. The molecule has 0 amide bonds. The van der Waals surface area contributed by atoms with Crippen LogP contribution in [-0.4, -0.2) is 40.1 Å². The molecule has 0 saturated carbocycles. The Labute approximate surface area is 167 Å². The third kappa shape index (κ3) is 2.65. The van der Waals surface area contributed by atoms with Crippen LogP contribution in [0.3, 0.4) is 0 Å². The standard InChI is InChI=1S/C22H22N4O3/c1-12-9-23-21(28-3)13(2)19(12)14-4-5-16-18(8-14)26(15-6-7-29-11-15)22(27)17-10-24-25-20(16)17/h4-5,8-10,15H,6-7,11H2,1-3H3,(H,24,25). The van der Waals surface area contributed by atoms with Crippen LogP contribution in [-0.2, 0) is 4.74 Å². The van der Waals surface area contributed by atoms with Gasteiger partial charge in [-0.1, -0.05) is 12.1 Å². The lowest BCUT2D eigenvalue weighted by atomic mass is 9.96. The number of aryl methyl sites for hydroxylation is 1. The first kappa shape index (κ1) is 17.9. The highest BCUT2D eigenvalue weighted by molar-refractivity contribution is 6.04. The summed E-state index contributed by atoms with van der Waals surface area (Å²) in [6.45, 7) is 5.26. The van der Waals surface area contributed by atoms with Gasteiger partial charge in [0.25, 0.3) is 5.56 Å². The van der Waals surface area contributed by atoms with Gasteiger partial charge in [-0.25, -0.2) is 4.98 Å². The van der Waals surface area contributed by atoms with Crippen molar-refractivity contribution in [2.24, 2.45) is 0 Å². The number of nitrogens with one attached hydrogen (secondary N) is 1. The van der Waals surface area contributed by atoms with E-state index in [2.05, 4.69) is 33.4 Å². The Balaban J connectivity index is 1.85. The van der Waals surface area contributed by atoms with E-state index in [4.69, 9.17) is 9.47 Å². The molecule has 7 nitrogen and oxygen atoms in total. The van der Waals surface area contributed by atoms with Crippen LogP contribution in [0.4, 0.5) is 0 Å². The normalized spacial score (nSPS) is 16.7. The fraction of sp³-hybridized carbons (Fsp3) is 0.318. The number of aromatic nitrogens is 4. The van der Waals surface area contributed by atoms with Gasteiger partial charge in [-0.05, 0) is 43.0 Å². The van der Waals surface area contributed by atoms with E-state index in [0.717, 1.165) is 45.1 Å². The van der Waals surface area contributed by atoms with Crippen molar-refractivity contribution in [1.29, 1.82) is 0 Å². The fourth-order valence-electron chi connectivity index (χ4n) is 4.45. The van der Waals surface area contributed by atoms with E-state index in [0.29, 0.717) is 24.5 Å². The number of fused-ring (bicyclic) bond motifs is 3. The number of benzene rings is 1. The quantitative estimate of drug-likeness (QED) is 0.579. The van der Waals surface area contributed by atoms with Gasteiger partial charge in [-0.15, -0.1) is 0 Å². The third-order valence-corrected chi connectivity index (χ3v) is 5.83. The van der Waals surface area contributed by atoms with E-state index in [1.165, 1.54) is 0 Å². The smallest absolute Gasteiger partial charge is 0.262 e. The number of aromatic amines is 1. The van der Waals surface area contributed by atoms with Crippen LogP contribution in [0.25, 0.3) is 32.9 Å². The van der Waals surface area contributed by atoms with Crippen LogP contribution in [0.15, 0.2) is 35.4 Å². The molecule has 3 aromatic heterocycles. The average molecular weight is 390 g/mol. The Morgan fingerprint density at radius 2 is 2.10 bits per heavy atom. The van der Waals surface area contributed by atoms with Crippen LogP contribution in [0.5, 0.6) is 5.88 Å². The molecule has 29 heavy (non-hydrogen) atoms. The number of H-pyrrole nitrogens is 1. The Morgan fingerprint density at radius 3 is 2.86 bits per heavy atom. The number of rotatable bonds is 3. The summed E-state index contributed by atoms with van der Waals surface area (Å²) in [6.07, 6.45) is 4.25. The van der Waals surface area contributed by atoms with E-state index < -0.39 is 0 Å². The Bertz CT molecular complexity index is 1300. The van der Waals surface area contributed by atoms with Gasteiger partial charge in [-0.3, -0.25) is 9.89 Å². The first-order chi connectivity index (χ1) is 14.1. The molecule has 1 aliphatic heterocycles. The van der Waals surface area contributed by atoms with E-state index in [-0.39, 0.29) is 11.6 Å². The molecular weight excluding hydrogens is 368 g/mol.